The van der Waals surface area contributed by atoms with Crippen molar-refractivity contribution in [1.29, 1.82) is 0 Å². The van der Waals surface area contributed by atoms with Crippen molar-refractivity contribution in [2.75, 3.05) is 31.1 Å². The van der Waals surface area contributed by atoms with Crippen LogP contribution in [0.15, 0.2) is 35.1 Å². The number of hydrogen-bond donors (Lipinski definition) is 1. The van der Waals surface area contributed by atoms with Crippen LogP contribution in [0, 0.1) is 17.3 Å². The van der Waals surface area contributed by atoms with E-state index in [0.29, 0.717) is 5.57 Å². The molecule has 2 aliphatic heterocycles. The average Bonchev–Trinajstić information content (AvgIpc) is 3.47. The Morgan fingerprint density at radius 3 is 2.76 bits per heavy atom. The first-order valence-corrected chi connectivity index (χ1v) is 10.9. The maximum atomic E-state index is 14.9. The van der Waals surface area contributed by atoms with Gasteiger partial charge >= 0.3 is 131 Å². The molecule has 2 aromatic rings. The number of ether oxygens (including phenoxy) is 2. The van der Waals surface area contributed by atoms with Crippen LogP contribution < -0.4 is 9.64 Å². The van der Waals surface area contributed by atoms with E-state index in [-0.39, 0.29) is 49.8 Å². The van der Waals surface area contributed by atoms with Crippen molar-refractivity contribution in [3.8, 4) is 11.5 Å². The van der Waals surface area contributed by atoms with Gasteiger partial charge in [-0.05, 0) is 5.16 Å². The number of halogens is 2. The zero-order valence-corrected chi connectivity index (χ0v) is 18.4. The van der Waals surface area contributed by atoms with Crippen molar-refractivity contribution in [2.45, 2.75) is 18.6 Å². The molecular formula is C21H18F2N3O7P. The first kappa shape index (κ1) is 23.7. The molecule has 0 saturated carbocycles. The Morgan fingerprint density at radius 1 is 1.38 bits per heavy atom. The quantitative estimate of drug-likeness (QED) is 0.610. The normalized spacial score (nSPS) is 18.7. The number of aliphatic hydroxyl groups excluding tert-OH is 1. The molecule has 2 aliphatic rings. The van der Waals surface area contributed by atoms with E-state index in [2.05, 4.69) is 9.68 Å². The Morgan fingerprint density at radius 2 is 2.15 bits per heavy atom. The van der Waals surface area contributed by atoms with Gasteiger partial charge in [-0.25, -0.2) is 4.79 Å². The van der Waals surface area contributed by atoms with Crippen LogP contribution in [0.5, 0.6) is 5.88 Å². The van der Waals surface area contributed by atoms with Crippen molar-refractivity contribution in [3.05, 3.63) is 47.7 Å². The Hall–Kier alpha value is -3.46. The van der Waals surface area contributed by atoms with Crippen LogP contribution in [-0.2, 0) is 14.1 Å². The Bertz CT molecular complexity index is 1210. The van der Waals surface area contributed by atoms with Gasteiger partial charge in [0.15, 0.2) is 6.10 Å². The second-order valence-corrected chi connectivity index (χ2v) is 7.88. The summed E-state index contributed by atoms with van der Waals surface area (Å²) in [5.41, 5.74) is 2.12. The van der Waals surface area contributed by atoms with Crippen molar-refractivity contribution in [1.82, 2.24) is 10.1 Å². The zero-order chi connectivity index (χ0) is 24.2. The zero-order valence-electron chi connectivity index (χ0n) is 17.5. The molecule has 1 aromatic heterocycles. The molecule has 0 bridgehead atoms. The molecular weight excluding hydrogens is 475 g/mol. The molecule has 0 radical (unpaired) electrons. The Labute approximate surface area is 192 Å². The fourth-order valence-corrected chi connectivity index (χ4v) is 3.88. The van der Waals surface area contributed by atoms with E-state index >= 15 is 0 Å². The van der Waals surface area contributed by atoms with E-state index in [9.17, 15) is 28.0 Å². The number of amides is 2. The summed E-state index contributed by atoms with van der Waals surface area (Å²) in [6.45, 7) is 0.118. The summed E-state index contributed by atoms with van der Waals surface area (Å²) in [4.78, 5) is 26.7. The first-order chi connectivity index (χ1) is 16.4. The van der Waals surface area contributed by atoms with Gasteiger partial charge < -0.3 is 14.0 Å². The van der Waals surface area contributed by atoms with Crippen molar-refractivity contribution < 1.29 is 42.0 Å². The van der Waals surface area contributed by atoms with Crippen LogP contribution in [0.3, 0.4) is 0 Å². The van der Waals surface area contributed by atoms with Gasteiger partial charge in [-0.2, -0.15) is 0 Å². The average molecular weight is 493 g/mol. The molecule has 3 heterocycles. The van der Waals surface area contributed by atoms with Crippen molar-refractivity contribution >= 4 is 31.2 Å². The topological polar surface area (TPSA) is 122 Å². The van der Waals surface area contributed by atoms with Gasteiger partial charge in [0.1, 0.15) is 12.9 Å². The number of benzene rings is 1. The molecule has 2 atom stereocenters. The van der Waals surface area contributed by atoms with E-state index in [0.717, 1.165) is 17.0 Å². The molecule has 0 aliphatic carbocycles. The van der Waals surface area contributed by atoms with Gasteiger partial charge in [0, 0.05) is 6.07 Å². The number of anilines is 1. The predicted octanol–water partition coefficient (Wildman–Crippen LogP) is 2.58. The summed E-state index contributed by atoms with van der Waals surface area (Å²) in [5, 5.41) is 13.2. The third kappa shape index (κ3) is 5.04. The maximum absolute atomic E-state index is 14.9. The minimum absolute atomic E-state index is 0.00752. The van der Waals surface area contributed by atoms with E-state index < -0.39 is 43.8 Å². The molecule has 0 spiro atoms. The Balaban J connectivity index is 1.45. The molecule has 1 N–H and O–H groups in total. The SMILES string of the molecule is O=P#C[C@@H](O)C(=O)N1CC=C(c2c(F)cc(N3C[C@H](COc4ccon4)OC3=O)cc2F)CC1. The number of cyclic esters (lactones) is 1. The fraction of sp³-hybridized carbons (Fsp3) is 0.333. The van der Waals surface area contributed by atoms with Gasteiger partial charge in [-0.15, -0.1) is 0 Å². The van der Waals surface area contributed by atoms with E-state index in [1.807, 2.05) is 5.63 Å². The summed E-state index contributed by atoms with van der Waals surface area (Å²) < 4.78 is 55.5. The Kier molecular flexibility index (Phi) is 7.12. The van der Waals surface area contributed by atoms with Gasteiger partial charge in [-0.3, -0.25) is 0 Å². The van der Waals surface area contributed by atoms with Gasteiger partial charge in [0.05, 0.1) is 6.54 Å². The second-order valence-electron chi connectivity index (χ2n) is 7.44. The third-order valence-corrected chi connectivity index (χ3v) is 5.64. The number of rotatable bonds is 6. The molecule has 34 heavy (non-hydrogen) atoms. The summed E-state index contributed by atoms with van der Waals surface area (Å²) in [7, 11) is -0.601. The molecule has 2 amide bonds. The number of nitrogens with zero attached hydrogens (tertiary/aromatic N) is 3. The molecule has 1 aromatic carbocycles. The van der Waals surface area contributed by atoms with Crippen LogP contribution in [-0.4, -0.2) is 65.6 Å². The number of hydrogen-bond acceptors (Lipinski definition) is 8. The third-order valence-electron chi connectivity index (χ3n) is 5.29. The summed E-state index contributed by atoms with van der Waals surface area (Å²) in [6.07, 6.45) is -0.157. The molecule has 10 nitrogen and oxygen atoms in total. The predicted molar refractivity (Wildman–Crippen MR) is 113 cm³/mol. The number of carbonyl (C=O) groups is 2. The van der Waals surface area contributed by atoms with E-state index in [1.165, 1.54) is 23.3 Å². The van der Waals surface area contributed by atoms with E-state index in [4.69, 9.17) is 9.47 Å². The van der Waals surface area contributed by atoms with Gasteiger partial charge in [0.2, 0.25) is 0 Å². The molecule has 178 valence electrons. The summed E-state index contributed by atoms with van der Waals surface area (Å²) >= 11 is 0. The monoisotopic (exact) mass is 493 g/mol. The van der Waals surface area contributed by atoms with Crippen molar-refractivity contribution in [2.24, 2.45) is 0 Å². The molecule has 13 heteroatoms. The molecule has 0 unspecified atom stereocenters. The first-order valence-electron chi connectivity index (χ1n) is 10.1. The summed E-state index contributed by atoms with van der Waals surface area (Å²) in [5.74, 6) is -2.23. The standard InChI is InChI=1S/C21H18F2N3O7P/c22-15-7-13(26-9-14(33-21(26)29)10-31-18-3-6-32-24-18)8-16(23)19(15)12-1-4-25(5-2-12)20(28)17(27)11-34-30/h1,3,6-8,14,17,27H,2,4-5,9-10H2/t14-,17-/m1/s1. The van der Waals surface area contributed by atoms with Crippen molar-refractivity contribution in [3.63, 3.8) is 0 Å². The van der Waals surface area contributed by atoms with E-state index in [1.54, 1.807) is 0 Å². The second kappa shape index (κ2) is 10.2. The van der Waals surface area contributed by atoms with Crippen LogP contribution in [0.4, 0.5) is 19.3 Å². The van der Waals surface area contributed by atoms with Gasteiger partial charge in [-0.1, -0.05) is 0 Å². The van der Waals surface area contributed by atoms with Crippen LogP contribution >= 0.6 is 7.92 Å². The summed E-state index contributed by atoms with van der Waals surface area (Å²) in [6, 6.07) is 3.57. The molecule has 4 rings (SSSR count). The number of carbonyl (C=O) groups excluding carboxylic acids is 2. The number of aromatic nitrogens is 1. The van der Waals surface area contributed by atoms with Crippen LogP contribution in [0.25, 0.3) is 5.57 Å². The number of aliphatic hydroxyl groups is 1. The fourth-order valence-electron chi connectivity index (χ4n) is 3.67. The van der Waals surface area contributed by atoms with Crippen LogP contribution in [0.1, 0.15) is 12.0 Å². The van der Waals surface area contributed by atoms with Crippen LogP contribution in [0.2, 0.25) is 0 Å². The molecule has 1 fully saturated rings. The minimum atomic E-state index is -1.65. The van der Waals surface area contributed by atoms with Gasteiger partial charge in [0.25, 0.3) is 5.88 Å². The molecule has 1 saturated heterocycles.